The molecule has 0 bridgehead atoms. The van der Waals surface area contributed by atoms with Gasteiger partial charge in [0, 0.05) is 13.1 Å². The van der Waals surface area contributed by atoms with Crippen molar-refractivity contribution in [2.75, 3.05) is 13.1 Å². The second kappa shape index (κ2) is 1.38. The number of nitrogens with zero attached hydrogens (tertiary/aromatic N) is 1. The largest absolute Gasteiger partial charge is 0.277 e. The molecule has 1 aliphatic rings. The minimum absolute atomic E-state index is 0.259. The van der Waals surface area contributed by atoms with E-state index in [2.05, 4.69) is 4.67 Å². The first-order chi connectivity index (χ1) is 2.43. The first kappa shape index (κ1) is 3.79. The fraction of sp³-hybridized carbons (Fsp3) is 1.00. The molecule has 1 unspecified atom stereocenters. The average molecular weight is 107 g/mol. The maximum Gasteiger partial charge on any atom is 0.0155 e. The molecule has 0 radical (unpaired) electrons. The second-order valence-corrected chi connectivity index (χ2v) is 2.71. The standard InChI is InChI=1S/C2H6NPS/c5-4-3-1-2-3/h1-2,4H2. The summed E-state index contributed by atoms with van der Waals surface area (Å²) in [6, 6.07) is 0. The van der Waals surface area contributed by atoms with E-state index in [1.54, 1.807) is 0 Å². The molecule has 0 amide bonds. The zero-order chi connectivity index (χ0) is 3.70. The Morgan fingerprint density at radius 2 is 2.20 bits per heavy atom. The van der Waals surface area contributed by atoms with E-state index in [-0.39, 0.29) is 7.51 Å². The quantitative estimate of drug-likeness (QED) is 0.345. The molecule has 0 spiro atoms. The summed E-state index contributed by atoms with van der Waals surface area (Å²) in [4.78, 5) is 0. The molecule has 0 saturated carbocycles. The van der Waals surface area contributed by atoms with E-state index < -0.39 is 0 Å². The molecule has 3 heteroatoms. The maximum atomic E-state index is 4.75. The molecular weight excluding hydrogens is 101 g/mol. The van der Waals surface area contributed by atoms with Crippen molar-refractivity contribution in [1.82, 2.24) is 4.67 Å². The molecule has 0 aromatic heterocycles. The van der Waals surface area contributed by atoms with E-state index in [0.29, 0.717) is 0 Å². The van der Waals surface area contributed by atoms with Crippen molar-refractivity contribution in [1.29, 1.82) is 0 Å². The topological polar surface area (TPSA) is 3.01 Å². The van der Waals surface area contributed by atoms with Crippen LogP contribution in [0.4, 0.5) is 0 Å². The Bertz CT molecular complexity index is 51.6. The Morgan fingerprint density at radius 1 is 1.60 bits per heavy atom. The highest BCUT2D eigenvalue weighted by molar-refractivity contribution is 7.95. The van der Waals surface area contributed by atoms with Gasteiger partial charge in [-0.25, -0.2) is 0 Å². The molecule has 1 rings (SSSR count). The summed E-state index contributed by atoms with van der Waals surface area (Å²) in [5.74, 6) is 0. The average Bonchev–Trinajstić information content (AvgIpc) is 2.12. The molecule has 1 nitrogen and oxygen atoms in total. The van der Waals surface area contributed by atoms with Crippen molar-refractivity contribution in [3.05, 3.63) is 0 Å². The fourth-order valence-corrected chi connectivity index (χ4v) is 1.12. The van der Waals surface area contributed by atoms with Gasteiger partial charge in [-0.05, 0) is 7.51 Å². The van der Waals surface area contributed by atoms with Gasteiger partial charge in [0.25, 0.3) is 0 Å². The first-order valence-electron chi connectivity index (χ1n) is 1.63. The lowest BCUT2D eigenvalue weighted by molar-refractivity contribution is 0.955. The summed E-state index contributed by atoms with van der Waals surface area (Å²) in [5.41, 5.74) is 0. The number of hydrogen-bond donors (Lipinski definition) is 0. The van der Waals surface area contributed by atoms with E-state index in [4.69, 9.17) is 11.8 Å². The minimum atomic E-state index is 0.259. The van der Waals surface area contributed by atoms with E-state index in [9.17, 15) is 0 Å². The van der Waals surface area contributed by atoms with Crippen LogP contribution in [-0.2, 0) is 11.8 Å². The second-order valence-electron chi connectivity index (χ2n) is 1.14. The van der Waals surface area contributed by atoms with Gasteiger partial charge in [-0.1, -0.05) is 11.8 Å². The smallest absolute Gasteiger partial charge is 0.0155 e. The Hall–Kier alpha value is 0.610. The van der Waals surface area contributed by atoms with Gasteiger partial charge in [0.1, 0.15) is 0 Å². The van der Waals surface area contributed by atoms with Crippen LogP contribution in [0.15, 0.2) is 0 Å². The van der Waals surface area contributed by atoms with Gasteiger partial charge in [-0.3, -0.25) is 4.67 Å². The molecular formula is C2H6NPS. The third-order valence-corrected chi connectivity index (χ3v) is 2.34. The van der Waals surface area contributed by atoms with Crippen LogP contribution in [0.5, 0.6) is 0 Å². The lowest BCUT2D eigenvalue weighted by Gasteiger charge is -1.72. The molecule has 0 aliphatic carbocycles. The molecule has 1 saturated heterocycles. The van der Waals surface area contributed by atoms with Crippen LogP contribution in [0.2, 0.25) is 0 Å². The van der Waals surface area contributed by atoms with Crippen molar-refractivity contribution in [3.8, 4) is 0 Å². The van der Waals surface area contributed by atoms with Crippen LogP contribution in [-0.4, -0.2) is 17.8 Å². The lowest BCUT2D eigenvalue weighted by atomic mass is 11.0. The maximum absolute atomic E-state index is 4.75. The number of hydrogen-bond acceptors (Lipinski definition) is 1. The Balaban J connectivity index is 2.21. The fourth-order valence-electron chi connectivity index (χ4n) is 0.163. The molecule has 1 atom stereocenters. The summed E-state index contributed by atoms with van der Waals surface area (Å²) < 4.78 is 2.27. The Kier molecular flexibility index (Phi) is 1.04. The predicted molar refractivity (Wildman–Crippen MR) is 28.6 cm³/mol. The molecule has 30 valence electrons. The SMILES string of the molecule is S=[PH2]N1CC1. The van der Waals surface area contributed by atoms with Crippen molar-refractivity contribution in [2.45, 2.75) is 0 Å². The van der Waals surface area contributed by atoms with Crippen molar-refractivity contribution < 1.29 is 0 Å². The van der Waals surface area contributed by atoms with E-state index in [1.807, 2.05) is 0 Å². The molecule has 0 aromatic carbocycles. The molecule has 1 fully saturated rings. The predicted octanol–water partition coefficient (Wildman–Crippen LogP) is 0.0897. The summed E-state index contributed by atoms with van der Waals surface area (Å²) in [6.45, 7) is 2.55. The van der Waals surface area contributed by atoms with E-state index >= 15 is 0 Å². The van der Waals surface area contributed by atoms with Crippen LogP contribution in [0, 0.1) is 0 Å². The highest BCUT2D eigenvalue weighted by Crippen LogP contribution is 2.14. The zero-order valence-electron chi connectivity index (χ0n) is 2.85. The lowest BCUT2D eigenvalue weighted by Crippen LogP contribution is -1.61. The van der Waals surface area contributed by atoms with Crippen LogP contribution in [0.25, 0.3) is 0 Å². The van der Waals surface area contributed by atoms with Gasteiger partial charge >= 0.3 is 0 Å². The Labute approximate surface area is 37.9 Å². The van der Waals surface area contributed by atoms with Crippen molar-refractivity contribution in [3.63, 3.8) is 0 Å². The van der Waals surface area contributed by atoms with Crippen molar-refractivity contribution >= 4 is 19.3 Å². The molecule has 0 N–H and O–H groups in total. The molecule has 5 heavy (non-hydrogen) atoms. The van der Waals surface area contributed by atoms with E-state index in [1.165, 1.54) is 13.1 Å². The third-order valence-electron chi connectivity index (χ3n) is 0.631. The highest BCUT2D eigenvalue weighted by atomic mass is 32.4. The summed E-state index contributed by atoms with van der Waals surface area (Å²) >= 11 is 4.75. The van der Waals surface area contributed by atoms with Gasteiger partial charge in [-0.15, -0.1) is 0 Å². The Morgan fingerprint density at radius 3 is 2.20 bits per heavy atom. The number of rotatable bonds is 1. The highest BCUT2D eigenvalue weighted by Gasteiger charge is 2.10. The van der Waals surface area contributed by atoms with Crippen LogP contribution in [0.3, 0.4) is 0 Å². The van der Waals surface area contributed by atoms with Crippen LogP contribution in [0.1, 0.15) is 0 Å². The van der Waals surface area contributed by atoms with Gasteiger partial charge in [0.2, 0.25) is 0 Å². The van der Waals surface area contributed by atoms with Crippen LogP contribution < -0.4 is 0 Å². The normalized spacial score (nSPS) is 25.6. The first-order valence-corrected chi connectivity index (χ1v) is 4.03. The third kappa shape index (κ3) is 0.998. The van der Waals surface area contributed by atoms with Gasteiger partial charge in [0.15, 0.2) is 0 Å². The minimum Gasteiger partial charge on any atom is -0.277 e. The van der Waals surface area contributed by atoms with Gasteiger partial charge < -0.3 is 0 Å². The van der Waals surface area contributed by atoms with Crippen molar-refractivity contribution in [2.24, 2.45) is 0 Å². The summed E-state index contributed by atoms with van der Waals surface area (Å²) in [6.07, 6.45) is 0. The van der Waals surface area contributed by atoms with E-state index in [0.717, 1.165) is 0 Å². The van der Waals surface area contributed by atoms with Gasteiger partial charge in [-0.2, -0.15) is 0 Å². The molecule has 0 aromatic rings. The summed E-state index contributed by atoms with van der Waals surface area (Å²) in [7, 11) is 0.259. The molecule has 1 heterocycles. The monoisotopic (exact) mass is 107 g/mol. The molecule has 1 aliphatic heterocycles. The van der Waals surface area contributed by atoms with Gasteiger partial charge in [0.05, 0.1) is 0 Å². The summed E-state index contributed by atoms with van der Waals surface area (Å²) in [5, 5.41) is 0. The van der Waals surface area contributed by atoms with Crippen LogP contribution >= 0.6 is 7.51 Å². The zero-order valence-corrected chi connectivity index (χ0v) is 4.82.